The second kappa shape index (κ2) is 7.71. The van der Waals surface area contributed by atoms with Gasteiger partial charge in [0.1, 0.15) is 11.9 Å². The van der Waals surface area contributed by atoms with Gasteiger partial charge in [-0.25, -0.2) is 4.98 Å². The number of likely N-dealkylation sites (tertiary alicyclic amines) is 1. The minimum absolute atomic E-state index is 0.179. The van der Waals surface area contributed by atoms with E-state index in [-0.39, 0.29) is 17.7 Å². The Balaban J connectivity index is 1.75. The van der Waals surface area contributed by atoms with E-state index in [1.165, 1.54) is 6.20 Å². The fraction of sp³-hybridized carbons (Fsp3) is 0.647. The van der Waals surface area contributed by atoms with Crippen LogP contribution in [0.4, 0.5) is 5.82 Å². The molecule has 25 heavy (non-hydrogen) atoms. The summed E-state index contributed by atoms with van der Waals surface area (Å²) in [5.41, 5.74) is 0. The zero-order valence-electron chi connectivity index (χ0n) is 15.5. The Kier molecular flexibility index (Phi) is 6.27. The molecule has 0 aromatic carbocycles. The number of anilines is 1. The summed E-state index contributed by atoms with van der Waals surface area (Å²) in [5.74, 6) is -0.0974. The first kappa shape index (κ1) is 20.3. The van der Waals surface area contributed by atoms with E-state index in [9.17, 15) is 9.90 Å². The number of aromatic nitrogens is 1. The summed E-state index contributed by atoms with van der Waals surface area (Å²) in [6.45, 7) is 12.9. The van der Waals surface area contributed by atoms with Gasteiger partial charge < -0.3 is 14.8 Å². The molecule has 1 atom stereocenters. The summed E-state index contributed by atoms with van der Waals surface area (Å²) in [5, 5.41) is 13.3. The highest BCUT2D eigenvalue weighted by atomic mass is 35.5. The maximum absolute atomic E-state index is 12.0. The summed E-state index contributed by atoms with van der Waals surface area (Å²) >= 11 is 5.75. The maximum Gasteiger partial charge on any atom is 0.255 e. The highest BCUT2D eigenvalue weighted by molar-refractivity contribution is 6.74. The molecule has 1 aromatic rings. The first-order valence-electron chi connectivity index (χ1n) is 8.48. The summed E-state index contributed by atoms with van der Waals surface area (Å²) in [4.78, 5) is 18.0. The van der Waals surface area contributed by atoms with Crippen molar-refractivity contribution in [3.63, 3.8) is 0 Å². The van der Waals surface area contributed by atoms with E-state index in [1.54, 1.807) is 12.1 Å². The zero-order valence-corrected chi connectivity index (χ0v) is 17.3. The van der Waals surface area contributed by atoms with Gasteiger partial charge in [0.2, 0.25) is 0 Å². The van der Waals surface area contributed by atoms with Gasteiger partial charge in [-0.05, 0) is 30.3 Å². The molecule has 0 saturated carbocycles. The number of pyridine rings is 1. The SMILES string of the molecule is CC(C)(C)[Si](C)(C)OC1CN(C[C@H](O)C(=O)Nc2ccc(Cl)cn2)C1. The quantitative estimate of drug-likeness (QED) is 0.736. The largest absolute Gasteiger partial charge is 0.411 e. The predicted molar refractivity (Wildman–Crippen MR) is 102 cm³/mol. The topological polar surface area (TPSA) is 74.7 Å². The molecule has 1 saturated heterocycles. The number of aliphatic hydroxyl groups is 1. The van der Waals surface area contributed by atoms with Crippen LogP contribution < -0.4 is 5.32 Å². The molecule has 2 heterocycles. The molecule has 8 heteroatoms. The van der Waals surface area contributed by atoms with Gasteiger partial charge in [0.05, 0.1) is 11.1 Å². The second-order valence-electron chi connectivity index (χ2n) is 8.09. The third-order valence-electron chi connectivity index (χ3n) is 4.90. The Morgan fingerprint density at radius 2 is 2.12 bits per heavy atom. The molecule has 6 nitrogen and oxygen atoms in total. The number of nitrogens with one attached hydrogen (secondary N) is 1. The molecular weight excluding hydrogens is 358 g/mol. The Morgan fingerprint density at radius 3 is 2.64 bits per heavy atom. The molecule has 0 bridgehead atoms. The van der Waals surface area contributed by atoms with E-state index >= 15 is 0 Å². The first-order valence-corrected chi connectivity index (χ1v) is 11.8. The van der Waals surface area contributed by atoms with Crippen molar-refractivity contribution in [3.05, 3.63) is 23.4 Å². The van der Waals surface area contributed by atoms with E-state index in [2.05, 4.69) is 44.2 Å². The van der Waals surface area contributed by atoms with Crippen LogP contribution in [0.2, 0.25) is 23.2 Å². The highest BCUT2D eigenvalue weighted by Crippen LogP contribution is 2.38. The van der Waals surface area contributed by atoms with Crippen LogP contribution in [0.15, 0.2) is 18.3 Å². The van der Waals surface area contributed by atoms with Crippen molar-refractivity contribution >= 4 is 31.6 Å². The third-order valence-corrected chi connectivity index (χ3v) is 9.66. The molecule has 140 valence electrons. The Bertz CT molecular complexity index is 598. The van der Waals surface area contributed by atoms with Gasteiger partial charge in [-0.3, -0.25) is 9.69 Å². The smallest absolute Gasteiger partial charge is 0.255 e. The van der Waals surface area contributed by atoms with Crippen molar-refractivity contribution in [2.45, 2.75) is 51.1 Å². The first-order chi connectivity index (χ1) is 11.5. The molecule has 1 fully saturated rings. The number of carbonyl (C=O) groups excluding carboxylic acids is 1. The lowest BCUT2D eigenvalue weighted by molar-refractivity contribution is -0.126. The van der Waals surface area contributed by atoms with Crippen molar-refractivity contribution in [2.75, 3.05) is 25.0 Å². The number of aliphatic hydroxyl groups excluding tert-OH is 1. The number of nitrogens with zero attached hydrogens (tertiary/aromatic N) is 2. The average molecular weight is 386 g/mol. The normalized spacial score (nSPS) is 17.9. The highest BCUT2D eigenvalue weighted by Gasteiger charge is 2.42. The summed E-state index contributed by atoms with van der Waals surface area (Å²) in [7, 11) is -1.77. The Hall–Kier alpha value is -0.993. The fourth-order valence-electron chi connectivity index (χ4n) is 2.33. The van der Waals surface area contributed by atoms with Crippen LogP contribution in [-0.2, 0) is 9.22 Å². The van der Waals surface area contributed by atoms with Gasteiger partial charge in [0.15, 0.2) is 8.32 Å². The van der Waals surface area contributed by atoms with E-state index in [0.717, 1.165) is 13.1 Å². The summed E-state index contributed by atoms with van der Waals surface area (Å²) in [6.07, 6.45) is 0.530. The number of hydrogen-bond acceptors (Lipinski definition) is 5. The minimum Gasteiger partial charge on any atom is -0.411 e. The number of hydrogen-bond donors (Lipinski definition) is 2. The number of carbonyl (C=O) groups is 1. The zero-order chi connectivity index (χ0) is 18.8. The van der Waals surface area contributed by atoms with Crippen LogP contribution in [0.25, 0.3) is 0 Å². The van der Waals surface area contributed by atoms with Crippen molar-refractivity contribution in [1.82, 2.24) is 9.88 Å². The number of rotatable bonds is 6. The second-order valence-corrected chi connectivity index (χ2v) is 13.3. The van der Waals surface area contributed by atoms with Gasteiger partial charge >= 0.3 is 0 Å². The molecule has 1 amide bonds. The van der Waals surface area contributed by atoms with E-state index in [1.807, 2.05) is 4.90 Å². The molecular formula is C17H28ClN3O3Si. The van der Waals surface area contributed by atoms with Crippen LogP contribution in [-0.4, -0.2) is 61.1 Å². The van der Waals surface area contributed by atoms with Gasteiger partial charge in [-0.1, -0.05) is 32.4 Å². The van der Waals surface area contributed by atoms with Crippen molar-refractivity contribution in [3.8, 4) is 0 Å². The standard InChI is InChI=1S/C17H28ClN3O3Si/c1-17(2,3)25(4,5)24-13-9-21(10-13)11-14(22)16(23)20-15-7-6-12(18)8-19-15/h6-8,13-14,22H,9-11H2,1-5H3,(H,19,20,23)/t14-/m0/s1. The molecule has 2 rings (SSSR count). The van der Waals surface area contributed by atoms with E-state index < -0.39 is 20.3 Å². The van der Waals surface area contributed by atoms with Crippen LogP contribution in [0.3, 0.4) is 0 Å². The van der Waals surface area contributed by atoms with Gasteiger partial charge in [0, 0.05) is 25.8 Å². The number of halogens is 1. The van der Waals surface area contributed by atoms with Crippen LogP contribution in [0, 0.1) is 0 Å². The molecule has 0 unspecified atom stereocenters. The molecule has 2 N–H and O–H groups in total. The molecule has 0 spiro atoms. The lowest BCUT2D eigenvalue weighted by Crippen LogP contribution is -2.59. The fourth-order valence-corrected chi connectivity index (χ4v) is 3.77. The molecule has 1 aliphatic heterocycles. The lowest BCUT2D eigenvalue weighted by Gasteiger charge is -2.46. The number of β-amino-alcohol motifs (C(OH)–C–C–N with tert-alkyl or cyclic N) is 1. The van der Waals surface area contributed by atoms with Crippen LogP contribution in [0.1, 0.15) is 20.8 Å². The number of amides is 1. The van der Waals surface area contributed by atoms with Crippen molar-refractivity contribution in [1.29, 1.82) is 0 Å². The Morgan fingerprint density at radius 1 is 1.48 bits per heavy atom. The minimum atomic E-state index is -1.77. The van der Waals surface area contributed by atoms with Gasteiger partial charge in [-0.15, -0.1) is 0 Å². The van der Waals surface area contributed by atoms with Gasteiger partial charge in [-0.2, -0.15) is 0 Å². The average Bonchev–Trinajstić information content (AvgIpc) is 2.45. The predicted octanol–water partition coefficient (Wildman–Crippen LogP) is 2.74. The summed E-state index contributed by atoms with van der Waals surface area (Å²) < 4.78 is 6.31. The molecule has 1 aliphatic rings. The lowest BCUT2D eigenvalue weighted by atomic mass is 10.1. The van der Waals surface area contributed by atoms with Crippen LogP contribution >= 0.6 is 11.6 Å². The van der Waals surface area contributed by atoms with E-state index in [4.69, 9.17) is 16.0 Å². The third kappa shape index (κ3) is 5.49. The van der Waals surface area contributed by atoms with E-state index in [0.29, 0.717) is 10.8 Å². The van der Waals surface area contributed by atoms with Crippen LogP contribution in [0.5, 0.6) is 0 Å². The summed E-state index contributed by atoms with van der Waals surface area (Å²) in [6, 6.07) is 3.23. The monoisotopic (exact) mass is 385 g/mol. The molecule has 0 aliphatic carbocycles. The van der Waals surface area contributed by atoms with Crippen molar-refractivity contribution in [2.24, 2.45) is 0 Å². The Labute approximate surface area is 155 Å². The maximum atomic E-state index is 12.0. The van der Waals surface area contributed by atoms with Gasteiger partial charge in [0.25, 0.3) is 5.91 Å². The molecule has 1 aromatic heterocycles. The molecule has 0 radical (unpaired) electrons. The van der Waals surface area contributed by atoms with Crippen molar-refractivity contribution < 1.29 is 14.3 Å².